The first-order valence-electron chi connectivity index (χ1n) is 6.74. The number of nitrogens with two attached hydrogens (primary N) is 1. The Labute approximate surface area is 119 Å². The summed E-state index contributed by atoms with van der Waals surface area (Å²) in [5.74, 6) is 0.273. The van der Waals surface area contributed by atoms with E-state index in [0.29, 0.717) is 12.3 Å². The first kappa shape index (κ1) is 14.4. The number of benzene rings is 1. The molecular formula is C15H21ClN2O. The molecule has 2 atom stereocenters. The third-order valence-electron chi connectivity index (χ3n) is 3.78. The van der Waals surface area contributed by atoms with Crippen LogP contribution in [0.15, 0.2) is 24.3 Å². The van der Waals surface area contributed by atoms with Crippen LogP contribution in [0.3, 0.4) is 0 Å². The molecule has 0 aliphatic heterocycles. The van der Waals surface area contributed by atoms with Gasteiger partial charge in [0.15, 0.2) is 0 Å². The smallest absolute Gasteiger partial charge is 0.240 e. The monoisotopic (exact) mass is 280 g/mol. The van der Waals surface area contributed by atoms with Gasteiger partial charge in [-0.05, 0) is 50.7 Å². The van der Waals surface area contributed by atoms with Crippen molar-refractivity contribution in [3.05, 3.63) is 34.9 Å². The standard InChI is InChI=1S/C15H21ClN2O/c1-10(9-11-5-3-4-6-13(11)16)18-14(19)15(2,17)12-7-8-12/h3-6,10,12H,7-9,17H2,1-2H3,(H,18,19). The number of rotatable bonds is 5. The zero-order valence-electron chi connectivity index (χ0n) is 11.4. The Morgan fingerprint density at radius 2 is 2.16 bits per heavy atom. The lowest BCUT2D eigenvalue weighted by Crippen LogP contribution is -2.55. The Hall–Kier alpha value is -1.06. The lowest BCUT2D eigenvalue weighted by atomic mass is 9.95. The van der Waals surface area contributed by atoms with E-state index in [4.69, 9.17) is 17.3 Å². The van der Waals surface area contributed by atoms with Gasteiger partial charge in [-0.2, -0.15) is 0 Å². The maximum absolute atomic E-state index is 12.2. The molecule has 1 aliphatic carbocycles. The van der Waals surface area contributed by atoms with Crippen LogP contribution in [0, 0.1) is 5.92 Å². The zero-order valence-corrected chi connectivity index (χ0v) is 12.2. The van der Waals surface area contributed by atoms with Gasteiger partial charge in [0.2, 0.25) is 5.91 Å². The Morgan fingerprint density at radius 1 is 1.53 bits per heavy atom. The Kier molecular flexibility index (Phi) is 4.16. The summed E-state index contributed by atoms with van der Waals surface area (Å²) in [4.78, 5) is 12.2. The average Bonchev–Trinajstić information content (AvgIpc) is 3.16. The van der Waals surface area contributed by atoms with E-state index >= 15 is 0 Å². The van der Waals surface area contributed by atoms with Crippen molar-refractivity contribution < 1.29 is 4.79 Å². The van der Waals surface area contributed by atoms with Gasteiger partial charge in [0.25, 0.3) is 0 Å². The molecule has 1 aliphatic rings. The average molecular weight is 281 g/mol. The van der Waals surface area contributed by atoms with Crippen molar-refractivity contribution in [3.8, 4) is 0 Å². The molecule has 2 rings (SSSR count). The molecule has 19 heavy (non-hydrogen) atoms. The van der Waals surface area contributed by atoms with Crippen LogP contribution in [0.5, 0.6) is 0 Å². The van der Waals surface area contributed by atoms with E-state index in [0.717, 1.165) is 23.4 Å². The highest BCUT2D eigenvalue weighted by atomic mass is 35.5. The number of nitrogens with one attached hydrogen (secondary N) is 1. The van der Waals surface area contributed by atoms with Gasteiger partial charge in [-0.1, -0.05) is 29.8 Å². The highest BCUT2D eigenvalue weighted by molar-refractivity contribution is 6.31. The van der Waals surface area contributed by atoms with Crippen molar-refractivity contribution in [2.75, 3.05) is 0 Å². The van der Waals surface area contributed by atoms with Crippen LogP contribution in [-0.2, 0) is 11.2 Å². The largest absolute Gasteiger partial charge is 0.352 e. The molecule has 104 valence electrons. The van der Waals surface area contributed by atoms with E-state index in [-0.39, 0.29) is 11.9 Å². The van der Waals surface area contributed by atoms with Crippen molar-refractivity contribution in [1.82, 2.24) is 5.32 Å². The molecule has 0 spiro atoms. The lowest BCUT2D eigenvalue weighted by Gasteiger charge is -2.26. The topological polar surface area (TPSA) is 55.1 Å². The number of halogens is 1. The van der Waals surface area contributed by atoms with Gasteiger partial charge in [-0.15, -0.1) is 0 Å². The van der Waals surface area contributed by atoms with Crippen LogP contribution in [0.4, 0.5) is 0 Å². The summed E-state index contributed by atoms with van der Waals surface area (Å²) in [5.41, 5.74) is 6.40. The third kappa shape index (κ3) is 3.48. The van der Waals surface area contributed by atoms with Crippen molar-refractivity contribution in [1.29, 1.82) is 0 Å². The van der Waals surface area contributed by atoms with Crippen LogP contribution < -0.4 is 11.1 Å². The Balaban J connectivity index is 1.92. The third-order valence-corrected chi connectivity index (χ3v) is 4.14. The molecule has 1 saturated carbocycles. The highest BCUT2D eigenvalue weighted by Gasteiger charge is 2.44. The molecule has 0 aromatic heterocycles. The minimum atomic E-state index is -0.741. The molecule has 4 heteroatoms. The number of carbonyl (C=O) groups excluding carboxylic acids is 1. The molecule has 1 amide bonds. The van der Waals surface area contributed by atoms with E-state index in [1.165, 1.54) is 0 Å². The fourth-order valence-corrected chi connectivity index (χ4v) is 2.51. The summed E-state index contributed by atoms with van der Waals surface area (Å²) in [6, 6.07) is 7.72. The molecule has 3 N–H and O–H groups in total. The van der Waals surface area contributed by atoms with Crippen molar-refractivity contribution in [3.63, 3.8) is 0 Å². The predicted octanol–water partition coefficient (Wildman–Crippen LogP) is 2.51. The fraction of sp³-hybridized carbons (Fsp3) is 0.533. The van der Waals surface area contributed by atoms with Gasteiger partial charge in [0.1, 0.15) is 0 Å². The van der Waals surface area contributed by atoms with Gasteiger partial charge in [0, 0.05) is 11.1 Å². The first-order chi connectivity index (χ1) is 8.91. The summed E-state index contributed by atoms with van der Waals surface area (Å²) in [7, 11) is 0. The summed E-state index contributed by atoms with van der Waals surface area (Å²) in [6.07, 6.45) is 2.82. The van der Waals surface area contributed by atoms with E-state index in [2.05, 4.69) is 5.32 Å². The summed E-state index contributed by atoms with van der Waals surface area (Å²) in [5, 5.41) is 3.73. The van der Waals surface area contributed by atoms with Crippen LogP contribution in [0.2, 0.25) is 5.02 Å². The van der Waals surface area contributed by atoms with Crippen LogP contribution in [0.25, 0.3) is 0 Å². The van der Waals surface area contributed by atoms with Crippen molar-refractivity contribution >= 4 is 17.5 Å². The van der Waals surface area contributed by atoms with Crippen LogP contribution in [-0.4, -0.2) is 17.5 Å². The molecule has 0 saturated heterocycles. The minimum absolute atomic E-state index is 0.0222. The molecule has 3 nitrogen and oxygen atoms in total. The summed E-state index contributed by atoms with van der Waals surface area (Å²) < 4.78 is 0. The van der Waals surface area contributed by atoms with Gasteiger partial charge in [-0.3, -0.25) is 4.79 Å². The fourth-order valence-electron chi connectivity index (χ4n) is 2.29. The zero-order chi connectivity index (χ0) is 14.0. The molecular weight excluding hydrogens is 260 g/mol. The van der Waals surface area contributed by atoms with Gasteiger partial charge in [0.05, 0.1) is 5.54 Å². The van der Waals surface area contributed by atoms with E-state index < -0.39 is 5.54 Å². The number of carbonyl (C=O) groups is 1. The molecule has 0 radical (unpaired) electrons. The van der Waals surface area contributed by atoms with E-state index in [1.807, 2.05) is 38.1 Å². The number of hydrogen-bond donors (Lipinski definition) is 2. The SMILES string of the molecule is CC(Cc1ccccc1Cl)NC(=O)C(C)(N)C1CC1. The summed E-state index contributed by atoms with van der Waals surface area (Å²) in [6.45, 7) is 3.80. The first-order valence-corrected chi connectivity index (χ1v) is 7.12. The quantitative estimate of drug-likeness (QED) is 0.871. The minimum Gasteiger partial charge on any atom is -0.352 e. The van der Waals surface area contributed by atoms with Crippen molar-refractivity contribution in [2.45, 2.75) is 44.7 Å². The second-order valence-corrected chi connectivity index (χ2v) is 6.13. The lowest BCUT2D eigenvalue weighted by molar-refractivity contribution is -0.127. The van der Waals surface area contributed by atoms with Gasteiger partial charge >= 0.3 is 0 Å². The Bertz CT molecular complexity index is 469. The number of amides is 1. The molecule has 0 heterocycles. The molecule has 0 bridgehead atoms. The van der Waals surface area contributed by atoms with E-state index in [9.17, 15) is 4.79 Å². The number of hydrogen-bond acceptors (Lipinski definition) is 2. The Morgan fingerprint density at radius 3 is 2.74 bits per heavy atom. The molecule has 2 unspecified atom stereocenters. The maximum atomic E-state index is 12.2. The second-order valence-electron chi connectivity index (χ2n) is 5.73. The molecule has 1 aromatic rings. The second kappa shape index (κ2) is 5.51. The van der Waals surface area contributed by atoms with E-state index in [1.54, 1.807) is 0 Å². The summed E-state index contributed by atoms with van der Waals surface area (Å²) >= 11 is 6.12. The van der Waals surface area contributed by atoms with Gasteiger partial charge in [-0.25, -0.2) is 0 Å². The maximum Gasteiger partial charge on any atom is 0.240 e. The van der Waals surface area contributed by atoms with Crippen LogP contribution >= 0.6 is 11.6 Å². The molecule has 1 fully saturated rings. The highest BCUT2D eigenvalue weighted by Crippen LogP contribution is 2.38. The predicted molar refractivity (Wildman–Crippen MR) is 78.1 cm³/mol. The normalized spacial score (nSPS) is 19.6. The molecule has 1 aromatic carbocycles. The van der Waals surface area contributed by atoms with Crippen LogP contribution in [0.1, 0.15) is 32.3 Å². The van der Waals surface area contributed by atoms with Crippen molar-refractivity contribution in [2.24, 2.45) is 11.7 Å². The van der Waals surface area contributed by atoms with Gasteiger partial charge < -0.3 is 11.1 Å².